The molecule has 2 atom stereocenters. The lowest BCUT2D eigenvalue weighted by Gasteiger charge is -2.26. The SMILES string of the molecule is Cl.NC(=O)c1cc(C(O)CNCC2OCCc3ccccc32)ccc1OCc1ccccc1. The molecular weight excluding hydrogens is 440 g/mol. The summed E-state index contributed by atoms with van der Waals surface area (Å²) in [6.07, 6.45) is 0.0846. The first-order chi connectivity index (χ1) is 15.6. The number of hydrogen-bond donors (Lipinski definition) is 3. The highest BCUT2D eigenvalue weighted by Gasteiger charge is 2.21. The van der Waals surface area contributed by atoms with Crippen LogP contribution in [0, 0.1) is 0 Å². The van der Waals surface area contributed by atoms with Gasteiger partial charge in [-0.3, -0.25) is 4.79 Å². The third kappa shape index (κ3) is 6.33. The van der Waals surface area contributed by atoms with Gasteiger partial charge in [-0.15, -0.1) is 12.4 Å². The van der Waals surface area contributed by atoms with Crippen molar-refractivity contribution < 1.29 is 19.4 Å². The standard InChI is InChI=1S/C26H28N2O4.ClH/c27-26(30)22-14-20(10-11-24(22)32-17-18-6-2-1-3-7-18)23(29)15-28-16-25-21-9-5-4-8-19(21)12-13-31-25;/h1-11,14,23,25,28-29H,12-13,15-17H2,(H2,27,30);1H. The summed E-state index contributed by atoms with van der Waals surface area (Å²) in [4.78, 5) is 12.0. The maximum Gasteiger partial charge on any atom is 0.252 e. The summed E-state index contributed by atoms with van der Waals surface area (Å²) in [5.74, 6) is -0.195. The summed E-state index contributed by atoms with van der Waals surface area (Å²) in [5.41, 5.74) is 9.90. The fourth-order valence-electron chi connectivity index (χ4n) is 3.92. The largest absolute Gasteiger partial charge is 0.488 e. The maximum absolute atomic E-state index is 12.0. The Balaban J connectivity index is 0.00000306. The van der Waals surface area contributed by atoms with Gasteiger partial charge in [0.2, 0.25) is 0 Å². The van der Waals surface area contributed by atoms with Crippen molar-refractivity contribution in [2.75, 3.05) is 19.7 Å². The third-order valence-corrected chi connectivity index (χ3v) is 5.65. The number of nitrogens with two attached hydrogens (primary N) is 1. The number of carbonyl (C=O) groups excluding carboxylic acids is 1. The van der Waals surface area contributed by atoms with Crippen molar-refractivity contribution in [1.82, 2.24) is 5.32 Å². The lowest BCUT2D eigenvalue weighted by atomic mass is 9.97. The molecule has 3 aromatic rings. The molecule has 1 aliphatic heterocycles. The van der Waals surface area contributed by atoms with Crippen LogP contribution in [-0.2, 0) is 17.8 Å². The number of amides is 1. The van der Waals surface area contributed by atoms with Crippen LogP contribution in [0.2, 0.25) is 0 Å². The van der Waals surface area contributed by atoms with Crippen LogP contribution in [0.3, 0.4) is 0 Å². The predicted octanol–water partition coefficient (Wildman–Crippen LogP) is 3.72. The molecule has 174 valence electrons. The van der Waals surface area contributed by atoms with E-state index in [1.807, 2.05) is 42.5 Å². The highest BCUT2D eigenvalue weighted by atomic mass is 35.5. The van der Waals surface area contributed by atoms with Crippen LogP contribution in [-0.4, -0.2) is 30.7 Å². The summed E-state index contributed by atoms with van der Waals surface area (Å²) < 4.78 is 11.7. The van der Waals surface area contributed by atoms with Crippen LogP contribution in [0.15, 0.2) is 72.8 Å². The molecule has 33 heavy (non-hydrogen) atoms. The molecule has 0 bridgehead atoms. The molecular formula is C26H29ClN2O4. The zero-order valence-corrected chi connectivity index (χ0v) is 19.1. The Morgan fingerprint density at radius 2 is 1.88 bits per heavy atom. The van der Waals surface area contributed by atoms with Crippen molar-refractivity contribution in [3.8, 4) is 5.75 Å². The minimum atomic E-state index is -0.796. The van der Waals surface area contributed by atoms with Crippen LogP contribution in [0.5, 0.6) is 5.75 Å². The maximum atomic E-state index is 12.0. The lowest BCUT2D eigenvalue weighted by Crippen LogP contribution is -2.30. The van der Waals surface area contributed by atoms with Crippen LogP contribution in [0.4, 0.5) is 0 Å². The van der Waals surface area contributed by atoms with Gasteiger partial charge in [0.1, 0.15) is 12.4 Å². The molecule has 0 aliphatic carbocycles. The van der Waals surface area contributed by atoms with Crippen LogP contribution >= 0.6 is 12.4 Å². The smallest absolute Gasteiger partial charge is 0.252 e. The van der Waals surface area contributed by atoms with E-state index in [2.05, 4.69) is 17.4 Å². The van der Waals surface area contributed by atoms with Gasteiger partial charge in [-0.05, 0) is 40.8 Å². The third-order valence-electron chi connectivity index (χ3n) is 5.65. The molecule has 0 aromatic heterocycles. The normalized spacial score (nSPS) is 15.7. The van der Waals surface area contributed by atoms with E-state index in [1.165, 1.54) is 11.1 Å². The molecule has 0 spiro atoms. The monoisotopic (exact) mass is 468 g/mol. The predicted molar refractivity (Wildman–Crippen MR) is 130 cm³/mol. The Hall–Kier alpha value is -2.90. The number of rotatable bonds is 9. The summed E-state index contributed by atoms with van der Waals surface area (Å²) in [7, 11) is 0. The molecule has 1 amide bonds. The Morgan fingerprint density at radius 3 is 2.67 bits per heavy atom. The summed E-state index contributed by atoms with van der Waals surface area (Å²) in [5, 5.41) is 13.9. The summed E-state index contributed by atoms with van der Waals surface area (Å²) in [6, 6.07) is 23.0. The average Bonchev–Trinajstić information content (AvgIpc) is 2.83. The number of benzene rings is 3. The fourth-order valence-corrected chi connectivity index (χ4v) is 3.92. The first-order valence-corrected chi connectivity index (χ1v) is 10.8. The van der Waals surface area contributed by atoms with Gasteiger partial charge in [-0.2, -0.15) is 0 Å². The van der Waals surface area contributed by atoms with Gasteiger partial charge in [0.25, 0.3) is 5.91 Å². The van der Waals surface area contributed by atoms with E-state index in [0.717, 1.165) is 12.0 Å². The molecule has 0 radical (unpaired) electrons. The molecule has 0 saturated heterocycles. The number of hydrogen-bond acceptors (Lipinski definition) is 5. The number of primary amides is 1. The van der Waals surface area contributed by atoms with Crippen molar-refractivity contribution in [3.63, 3.8) is 0 Å². The molecule has 0 fully saturated rings. The van der Waals surface area contributed by atoms with Gasteiger partial charge < -0.3 is 25.6 Å². The van der Waals surface area contributed by atoms with Crippen LogP contribution < -0.4 is 15.8 Å². The van der Waals surface area contributed by atoms with E-state index < -0.39 is 12.0 Å². The Kier molecular flexibility index (Phi) is 8.86. The molecule has 1 heterocycles. The Bertz CT molecular complexity index is 1060. The van der Waals surface area contributed by atoms with Crippen molar-refractivity contribution >= 4 is 18.3 Å². The zero-order valence-electron chi connectivity index (χ0n) is 18.3. The van der Waals surface area contributed by atoms with E-state index in [-0.39, 0.29) is 24.1 Å². The molecule has 2 unspecified atom stereocenters. The minimum absolute atomic E-state index is 0. The Morgan fingerprint density at radius 1 is 1.12 bits per heavy atom. The first-order valence-electron chi connectivity index (χ1n) is 10.8. The minimum Gasteiger partial charge on any atom is -0.488 e. The van der Waals surface area contributed by atoms with Gasteiger partial charge in [0.05, 0.1) is 24.4 Å². The van der Waals surface area contributed by atoms with Crippen LogP contribution in [0.1, 0.15) is 44.8 Å². The van der Waals surface area contributed by atoms with E-state index in [4.69, 9.17) is 15.2 Å². The van der Waals surface area contributed by atoms with E-state index in [0.29, 0.717) is 37.6 Å². The molecule has 0 saturated carbocycles. The topological polar surface area (TPSA) is 93.8 Å². The highest BCUT2D eigenvalue weighted by Crippen LogP contribution is 2.27. The first kappa shape index (κ1) is 24.7. The number of ether oxygens (including phenoxy) is 2. The number of nitrogens with one attached hydrogen (secondary N) is 1. The zero-order chi connectivity index (χ0) is 22.3. The molecule has 3 aromatic carbocycles. The number of fused-ring (bicyclic) bond motifs is 1. The Labute approximate surface area is 200 Å². The molecule has 4 N–H and O–H groups in total. The fraction of sp³-hybridized carbons (Fsp3) is 0.269. The quantitative estimate of drug-likeness (QED) is 0.445. The average molecular weight is 469 g/mol. The molecule has 1 aliphatic rings. The summed E-state index contributed by atoms with van der Waals surface area (Å²) in [6.45, 7) is 1.94. The second kappa shape index (κ2) is 11.8. The number of aliphatic hydroxyl groups is 1. The lowest BCUT2D eigenvalue weighted by molar-refractivity contribution is 0.0400. The number of carbonyl (C=O) groups is 1. The molecule has 7 heteroatoms. The van der Waals surface area contributed by atoms with E-state index >= 15 is 0 Å². The van der Waals surface area contributed by atoms with Gasteiger partial charge in [-0.25, -0.2) is 0 Å². The van der Waals surface area contributed by atoms with E-state index in [9.17, 15) is 9.90 Å². The number of halogens is 1. The van der Waals surface area contributed by atoms with Gasteiger partial charge >= 0.3 is 0 Å². The van der Waals surface area contributed by atoms with Crippen molar-refractivity contribution in [2.24, 2.45) is 5.73 Å². The van der Waals surface area contributed by atoms with Gasteiger partial charge in [-0.1, -0.05) is 60.7 Å². The number of aliphatic hydroxyl groups excluding tert-OH is 1. The van der Waals surface area contributed by atoms with E-state index in [1.54, 1.807) is 18.2 Å². The van der Waals surface area contributed by atoms with Crippen molar-refractivity contribution in [2.45, 2.75) is 25.2 Å². The van der Waals surface area contributed by atoms with Crippen molar-refractivity contribution in [1.29, 1.82) is 0 Å². The molecule has 6 nitrogen and oxygen atoms in total. The second-order valence-corrected chi connectivity index (χ2v) is 7.88. The summed E-state index contributed by atoms with van der Waals surface area (Å²) >= 11 is 0. The van der Waals surface area contributed by atoms with Gasteiger partial charge in [0.15, 0.2) is 0 Å². The highest BCUT2D eigenvalue weighted by molar-refractivity contribution is 5.95. The second-order valence-electron chi connectivity index (χ2n) is 7.88. The van der Waals surface area contributed by atoms with Crippen molar-refractivity contribution in [3.05, 3.63) is 101 Å². The van der Waals surface area contributed by atoms with Gasteiger partial charge in [0, 0.05) is 13.1 Å². The van der Waals surface area contributed by atoms with Crippen LogP contribution in [0.25, 0.3) is 0 Å². The molecule has 4 rings (SSSR count).